The van der Waals surface area contributed by atoms with E-state index in [4.69, 9.17) is 20.0 Å². The van der Waals surface area contributed by atoms with E-state index in [-0.39, 0.29) is 22.9 Å². The van der Waals surface area contributed by atoms with Crippen molar-refractivity contribution >= 4 is 62.4 Å². The summed E-state index contributed by atoms with van der Waals surface area (Å²) in [5.41, 5.74) is 7.07. The van der Waals surface area contributed by atoms with Gasteiger partial charge in [-0.3, -0.25) is 9.59 Å². The highest BCUT2D eigenvalue weighted by Gasteiger charge is 2.54. The van der Waals surface area contributed by atoms with E-state index in [1.54, 1.807) is 26.2 Å². The molecule has 2 aromatic heterocycles. The molecule has 3 heterocycles. The molecule has 4 N–H and O–H groups in total. The van der Waals surface area contributed by atoms with Gasteiger partial charge in [0, 0.05) is 33.7 Å². The number of hydroxylamine groups is 2. The van der Waals surface area contributed by atoms with Crippen molar-refractivity contribution in [3.05, 3.63) is 67.1 Å². The van der Waals surface area contributed by atoms with Gasteiger partial charge in [0.25, 0.3) is 5.91 Å². The average molecular weight is 701 g/mol. The third-order valence-electron chi connectivity index (χ3n) is 8.35. The quantitative estimate of drug-likeness (QED) is 0.134. The molecule has 1 fully saturated rings. The Kier molecular flexibility index (Phi) is 8.31. The molecule has 0 spiro atoms. The fourth-order valence-electron chi connectivity index (χ4n) is 6.50. The molecule has 0 bridgehead atoms. The Morgan fingerprint density at radius 1 is 1.19 bits per heavy atom. The zero-order valence-electron chi connectivity index (χ0n) is 25.2. The van der Waals surface area contributed by atoms with E-state index in [1.807, 2.05) is 41.7 Å². The first-order valence-corrected chi connectivity index (χ1v) is 15.2. The van der Waals surface area contributed by atoms with Gasteiger partial charge >= 0.3 is 5.63 Å². The number of benzene rings is 2. The maximum atomic E-state index is 13.3. The number of fused-ring (bicyclic) bond motifs is 2. The van der Waals surface area contributed by atoms with Gasteiger partial charge in [-0.2, -0.15) is 5.06 Å². The minimum absolute atomic E-state index is 0.0196. The van der Waals surface area contributed by atoms with Crippen molar-refractivity contribution in [1.29, 1.82) is 0 Å². The third-order valence-corrected chi connectivity index (χ3v) is 9.02. The molecule has 1 unspecified atom stereocenters. The topological polar surface area (TPSA) is 145 Å². The van der Waals surface area contributed by atoms with Crippen LogP contribution in [0.4, 0.5) is 5.95 Å². The number of nitrogens with zero attached hydrogens (tertiary/aromatic N) is 3. The highest BCUT2D eigenvalue weighted by atomic mass is 127. The molecule has 1 saturated heterocycles. The van der Waals surface area contributed by atoms with Crippen molar-refractivity contribution in [2.45, 2.75) is 58.7 Å². The van der Waals surface area contributed by atoms with Crippen molar-refractivity contribution in [3.63, 3.8) is 0 Å². The monoisotopic (exact) mass is 700 g/mol. The molecule has 1 atom stereocenters. The minimum Gasteiger partial charge on any atom is -0.422 e. The molecule has 5 rings (SSSR count). The Labute approximate surface area is 263 Å². The van der Waals surface area contributed by atoms with Crippen LogP contribution >= 0.6 is 22.6 Å². The second-order valence-corrected chi connectivity index (χ2v) is 13.4. The van der Waals surface area contributed by atoms with Crippen molar-refractivity contribution in [2.75, 3.05) is 25.5 Å². The summed E-state index contributed by atoms with van der Waals surface area (Å²) >= 11 is 2.28. The van der Waals surface area contributed by atoms with Crippen LogP contribution in [0, 0.1) is 16.4 Å². The number of primary amides is 1. The fourth-order valence-corrected chi connectivity index (χ4v) is 7.11. The average Bonchev–Trinajstić information content (AvgIpc) is 3.33. The summed E-state index contributed by atoms with van der Waals surface area (Å²) in [5, 5.41) is 8.97. The minimum atomic E-state index is -0.832. The first kappa shape index (κ1) is 31.0. The fraction of sp³-hybridized carbons (Fsp3) is 0.419. The molecule has 0 saturated carbocycles. The maximum Gasteiger partial charge on any atom is 0.349 e. The number of nitrogens with two attached hydrogens (primary N) is 1. The number of carbonyl (C=O) groups is 2. The SMILES string of the molecule is CON1C(C)(C)CC(C(=O)NCCNc2nc3cc4c(C)c(C(N)=O)c(=O)oc4cc3n2Cc2cccc(I)c2)C1(C)C. The van der Waals surface area contributed by atoms with Crippen LogP contribution < -0.4 is 22.0 Å². The summed E-state index contributed by atoms with van der Waals surface area (Å²) < 4.78 is 8.64. The van der Waals surface area contributed by atoms with E-state index in [0.717, 1.165) is 14.7 Å². The van der Waals surface area contributed by atoms with Gasteiger partial charge in [-0.1, -0.05) is 12.1 Å². The Hall–Kier alpha value is -3.49. The van der Waals surface area contributed by atoms with Crippen LogP contribution in [0.1, 0.15) is 55.6 Å². The van der Waals surface area contributed by atoms with E-state index in [2.05, 4.69) is 53.1 Å². The van der Waals surface area contributed by atoms with Crippen LogP contribution in [0.5, 0.6) is 0 Å². The predicted molar refractivity (Wildman–Crippen MR) is 174 cm³/mol. The van der Waals surface area contributed by atoms with Crippen LogP contribution in [0.15, 0.2) is 45.6 Å². The maximum absolute atomic E-state index is 13.3. The third kappa shape index (κ3) is 5.75. The van der Waals surface area contributed by atoms with Gasteiger partial charge in [-0.15, -0.1) is 0 Å². The number of carbonyl (C=O) groups excluding carboxylic acids is 2. The Morgan fingerprint density at radius 2 is 1.93 bits per heavy atom. The van der Waals surface area contributed by atoms with Gasteiger partial charge in [0.2, 0.25) is 11.9 Å². The van der Waals surface area contributed by atoms with E-state index in [9.17, 15) is 14.4 Å². The summed E-state index contributed by atoms with van der Waals surface area (Å²) in [7, 11) is 1.64. The molecule has 1 aliphatic rings. The Balaban J connectivity index is 1.42. The molecule has 2 amide bonds. The van der Waals surface area contributed by atoms with Gasteiger partial charge in [0.15, 0.2) is 0 Å². The molecule has 1 aliphatic heterocycles. The van der Waals surface area contributed by atoms with Crippen molar-refractivity contribution < 1.29 is 18.8 Å². The summed E-state index contributed by atoms with van der Waals surface area (Å²) in [6.45, 7) is 11.2. The lowest BCUT2D eigenvalue weighted by Gasteiger charge is -2.38. The zero-order chi connectivity index (χ0) is 31.3. The van der Waals surface area contributed by atoms with Gasteiger partial charge in [0.1, 0.15) is 11.1 Å². The molecule has 43 heavy (non-hydrogen) atoms. The first-order chi connectivity index (χ1) is 20.2. The number of anilines is 1. The smallest absolute Gasteiger partial charge is 0.349 e. The van der Waals surface area contributed by atoms with E-state index < -0.39 is 17.1 Å². The number of aryl methyl sites for hydroxylation is 1. The number of amides is 2. The largest absolute Gasteiger partial charge is 0.422 e. The number of aromatic nitrogens is 2. The number of nitrogens with one attached hydrogen (secondary N) is 2. The van der Waals surface area contributed by atoms with Crippen molar-refractivity contribution in [1.82, 2.24) is 19.9 Å². The molecule has 4 aromatic rings. The molecule has 12 heteroatoms. The molecule has 0 radical (unpaired) electrons. The highest BCUT2D eigenvalue weighted by Crippen LogP contribution is 2.44. The van der Waals surface area contributed by atoms with Gasteiger partial charge in [-0.25, -0.2) is 9.78 Å². The van der Waals surface area contributed by atoms with Gasteiger partial charge in [0.05, 0.1) is 36.1 Å². The number of imidazole rings is 1. The van der Waals surface area contributed by atoms with Crippen LogP contribution in [-0.2, 0) is 16.2 Å². The lowest BCUT2D eigenvalue weighted by molar-refractivity contribution is -0.223. The van der Waals surface area contributed by atoms with Crippen LogP contribution in [-0.4, -0.2) is 57.7 Å². The highest BCUT2D eigenvalue weighted by molar-refractivity contribution is 14.1. The Morgan fingerprint density at radius 3 is 2.58 bits per heavy atom. The lowest BCUT2D eigenvalue weighted by atomic mass is 9.86. The molecular formula is C31H37IN6O5. The van der Waals surface area contributed by atoms with Crippen molar-refractivity contribution in [3.8, 4) is 0 Å². The van der Waals surface area contributed by atoms with Gasteiger partial charge < -0.3 is 30.2 Å². The first-order valence-electron chi connectivity index (χ1n) is 14.1. The van der Waals surface area contributed by atoms with Crippen molar-refractivity contribution in [2.24, 2.45) is 11.7 Å². The standard InChI is InChI=1S/C31H37IN6O5/c1-17-20-13-22-23(14-24(20)43-28(41)25(17)26(33)39)37(16-18-8-7-9-19(32)12-18)29(36-22)35-11-10-34-27(40)21-15-30(2,3)38(42-6)31(21,4)5/h7-9,12-14,21H,10-11,15-16H2,1-6H3,(H2,33,39)(H,34,40)(H,35,36). The molecular weight excluding hydrogens is 663 g/mol. The normalized spacial score (nSPS) is 17.9. The number of hydrogen-bond donors (Lipinski definition) is 3. The van der Waals surface area contributed by atoms with Gasteiger partial charge in [-0.05, 0) is 93.0 Å². The second-order valence-electron chi connectivity index (χ2n) is 12.2. The second kappa shape index (κ2) is 11.5. The van der Waals surface area contributed by atoms with E-state index in [1.165, 1.54) is 0 Å². The molecule has 2 aromatic carbocycles. The van der Waals surface area contributed by atoms with E-state index in [0.29, 0.717) is 54.1 Å². The number of rotatable bonds is 9. The van der Waals surface area contributed by atoms with E-state index >= 15 is 0 Å². The van der Waals surface area contributed by atoms with Crippen LogP contribution in [0.3, 0.4) is 0 Å². The molecule has 11 nitrogen and oxygen atoms in total. The lowest BCUT2D eigenvalue weighted by Crippen LogP contribution is -2.51. The summed E-state index contributed by atoms with van der Waals surface area (Å²) in [6.07, 6.45) is 0.680. The number of hydrogen-bond acceptors (Lipinski definition) is 8. The van der Waals surface area contributed by atoms with Crippen LogP contribution in [0.25, 0.3) is 22.0 Å². The van der Waals surface area contributed by atoms with Crippen LogP contribution in [0.2, 0.25) is 0 Å². The summed E-state index contributed by atoms with van der Waals surface area (Å²) in [5.74, 6) is -0.486. The number of halogens is 1. The molecule has 228 valence electrons. The summed E-state index contributed by atoms with van der Waals surface area (Å²) in [6, 6.07) is 11.7. The summed E-state index contributed by atoms with van der Waals surface area (Å²) in [4.78, 5) is 48.2. The Bertz CT molecular complexity index is 1790. The predicted octanol–water partition coefficient (Wildman–Crippen LogP) is 4.17. The zero-order valence-corrected chi connectivity index (χ0v) is 27.4. The molecule has 0 aliphatic carbocycles.